The molecule has 148 valence electrons. The number of pyridine rings is 1. The minimum atomic E-state index is -3.57. The Morgan fingerprint density at radius 3 is 2.61 bits per heavy atom. The van der Waals surface area contributed by atoms with Gasteiger partial charge in [0, 0.05) is 37.0 Å². The van der Waals surface area contributed by atoms with E-state index >= 15 is 0 Å². The molecule has 7 nitrogen and oxygen atoms in total. The highest BCUT2D eigenvalue weighted by Gasteiger charge is 2.17. The van der Waals surface area contributed by atoms with Crippen molar-refractivity contribution in [2.75, 3.05) is 6.54 Å². The van der Waals surface area contributed by atoms with Crippen LogP contribution in [0.25, 0.3) is 5.65 Å². The molecular weight excluding hydrogens is 376 g/mol. The average molecular weight is 401 g/mol. The van der Waals surface area contributed by atoms with Gasteiger partial charge in [0.2, 0.25) is 10.0 Å². The topological polar surface area (TPSA) is 92.6 Å². The Hall–Kier alpha value is -2.71. The minimum absolute atomic E-state index is 0.146. The van der Waals surface area contributed by atoms with Crippen molar-refractivity contribution in [3.8, 4) is 0 Å². The van der Waals surface area contributed by atoms with E-state index in [0.717, 1.165) is 11.3 Å². The molecule has 1 amide bonds. The zero-order valence-electron chi connectivity index (χ0n) is 15.9. The summed E-state index contributed by atoms with van der Waals surface area (Å²) in [6.07, 6.45) is 5.17. The Bertz CT molecular complexity index is 1030. The largest absolute Gasteiger partial charge is 0.352 e. The lowest BCUT2D eigenvalue weighted by molar-refractivity contribution is 0.0954. The van der Waals surface area contributed by atoms with Crippen LogP contribution >= 0.6 is 0 Å². The fourth-order valence-electron chi connectivity index (χ4n) is 2.72. The molecule has 2 N–H and O–H groups in total. The van der Waals surface area contributed by atoms with Crippen LogP contribution in [0.5, 0.6) is 0 Å². The smallest absolute Gasteiger partial charge is 0.251 e. The number of amides is 1. The third-order valence-electron chi connectivity index (χ3n) is 4.48. The number of carbonyl (C=O) groups excluding carboxylic acids is 1. The van der Waals surface area contributed by atoms with Gasteiger partial charge in [-0.2, -0.15) is 0 Å². The Kier molecular flexibility index (Phi) is 6.11. The van der Waals surface area contributed by atoms with Gasteiger partial charge >= 0.3 is 0 Å². The van der Waals surface area contributed by atoms with Crippen molar-refractivity contribution in [3.63, 3.8) is 0 Å². The molecule has 0 fully saturated rings. The van der Waals surface area contributed by atoms with E-state index in [1.54, 1.807) is 0 Å². The van der Waals surface area contributed by atoms with Gasteiger partial charge in [0.25, 0.3) is 5.91 Å². The van der Waals surface area contributed by atoms with E-state index in [9.17, 15) is 13.2 Å². The number of aromatic nitrogens is 2. The second kappa shape index (κ2) is 8.53. The monoisotopic (exact) mass is 400 g/mol. The molecule has 0 saturated carbocycles. The molecule has 0 bridgehead atoms. The summed E-state index contributed by atoms with van der Waals surface area (Å²) in [4.78, 5) is 16.9. The predicted molar refractivity (Wildman–Crippen MR) is 108 cm³/mol. The molecule has 0 aliphatic heterocycles. The zero-order valence-corrected chi connectivity index (χ0v) is 16.7. The summed E-state index contributed by atoms with van der Waals surface area (Å²) in [7, 11) is -3.57. The quantitative estimate of drug-likeness (QED) is 0.607. The van der Waals surface area contributed by atoms with Crippen LogP contribution in [0.15, 0.2) is 59.8 Å². The van der Waals surface area contributed by atoms with E-state index in [2.05, 4.69) is 15.0 Å². The number of carbonyl (C=O) groups is 1. The van der Waals surface area contributed by atoms with E-state index in [4.69, 9.17) is 0 Å². The van der Waals surface area contributed by atoms with Crippen LogP contribution in [0.3, 0.4) is 0 Å². The number of rotatable bonds is 8. The van der Waals surface area contributed by atoms with Crippen LogP contribution in [0, 0.1) is 0 Å². The van der Waals surface area contributed by atoms with Gasteiger partial charge in [0.05, 0.1) is 10.6 Å². The molecule has 0 spiro atoms. The number of hydrogen-bond donors (Lipinski definition) is 2. The van der Waals surface area contributed by atoms with E-state index < -0.39 is 10.0 Å². The number of benzene rings is 1. The van der Waals surface area contributed by atoms with Crippen molar-refractivity contribution < 1.29 is 13.2 Å². The SMILES string of the molecule is CC[C@@H](C)NS(=O)(=O)c1ccc(C(=O)NCCc2cn3ccccc3n2)cc1. The molecule has 0 radical (unpaired) electrons. The summed E-state index contributed by atoms with van der Waals surface area (Å²) in [5.74, 6) is -0.248. The highest BCUT2D eigenvalue weighted by atomic mass is 32.2. The lowest BCUT2D eigenvalue weighted by Gasteiger charge is -2.12. The third kappa shape index (κ3) is 4.76. The van der Waals surface area contributed by atoms with Gasteiger partial charge < -0.3 is 9.72 Å². The third-order valence-corrected chi connectivity index (χ3v) is 6.08. The summed E-state index contributed by atoms with van der Waals surface area (Å²) >= 11 is 0. The van der Waals surface area contributed by atoms with Crippen molar-refractivity contribution in [2.45, 2.75) is 37.6 Å². The highest BCUT2D eigenvalue weighted by Crippen LogP contribution is 2.12. The van der Waals surface area contributed by atoms with Crippen LogP contribution < -0.4 is 10.0 Å². The molecular formula is C20H24N4O3S. The highest BCUT2D eigenvalue weighted by molar-refractivity contribution is 7.89. The van der Waals surface area contributed by atoms with Crippen LogP contribution in [-0.4, -0.2) is 36.3 Å². The lowest BCUT2D eigenvalue weighted by Crippen LogP contribution is -2.32. The molecule has 0 unspecified atom stereocenters. The average Bonchev–Trinajstić information content (AvgIpc) is 3.10. The Balaban J connectivity index is 1.57. The maximum absolute atomic E-state index is 12.3. The van der Waals surface area contributed by atoms with E-state index in [1.807, 2.05) is 48.8 Å². The number of fused-ring (bicyclic) bond motifs is 1. The van der Waals surface area contributed by atoms with Gasteiger partial charge in [-0.3, -0.25) is 4.79 Å². The number of nitrogens with one attached hydrogen (secondary N) is 2. The summed E-state index contributed by atoms with van der Waals surface area (Å²) < 4.78 is 29.1. The van der Waals surface area contributed by atoms with E-state index in [1.165, 1.54) is 24.3 Å². The van der Waals surface area contributed by atoms with Gasteiger partial charge in [-0.1, -0.05) is 13.0 Å². The zero-order chi connectivity index (χ0) is 20.1. The van der Waals surface area contributed by atoms with Gasteiger partial charge in [0.1, 0.15) is 5.65 Å². The Morgan fingerprint density at radius 1 is 1.18 bits per heavy atom. The fraction of sp³-hybridized carbons (Fsp3) is 0.300. The van der Waals surface area contributed by atoms with Crippen molar-refractivity contribution in [1.29, 1.82) is 0 Å². The first kappa shape index (κ1) is 20.0. The van der Waals surface area contributed by atoms with Gasteiger partial charge in [0.15, 0.2) is 0 Å². The Morgan fingerprint density at radius 2 is 1.93 bits per heavy atom. The molecule has 1 aromatic carbocycles. The standard InChI is InChI=1S/C20H24N4O3S/c1-3-15(2)23-28(26,27)18-9-7-16(8-10-18)20(25)21-12-11-17-14-24-13-5-4-6-19(24)22-17/h4-10,13-15,23H,3,11-12H2,1-2H3,(H,21,25)/t15-/m1/s1. The van der Waals surface area contributed by atoms with E-state index in [-0.39, 0.29) is 16.8 Å². The van der Waals surface area contributed by atoms with Gasteiger partial charge in [-0.15, -0.1) is 0 Å². The van der Waals surface area contributed by atoms with Crippen LogP contribution in [0.2, 0.25) is 0 Å². The van der Waals surface area contributed by atoms with Gasteiger partial charge in [-0.25, -0.2) is 18.1 Å². The maximum atomic E-state index is 12.3. The number of imidazole rings is 1. The first-order chi connectivity index (χ1) is 13.4. The van der Waals surface area contributed by atoms with Gasteiger partial charge in [-0.05, 0) is 49.7 Å². The molecule has 0 saturated heterocycles. The fourth-order valence-corrected chi connectivity index (χ4v) is 4.04. The molecule has 2 heterocycles. The molecule has 3 aromatic rings. The van der Waals surface area contributed by atoms with Crippen LogP contribution in [-0.2, 0) is 16.4 Å². The second-order valence-corrected chi connectivity index (χ2v) is 8.37. The lowest BCUT2D eigenvalue weighted by atomic mass is 10.2. The maximum Gasteiger partial charge on any atom is 0.251 e. The Labute approximate surface area is 164 Å². The summed E-state index contributed by atoms with van der Waals surface area (Å²) in [6, 6.07) is 11.6. The van der Waals surface area contributed by atoms with E-state index in [0.29, 0.717) is 24.9 Å². The predicted octanol–water partition coefficient (Wildman–Crippen LogP) is 2.38. The summed E-state index contributed by atoms with van der Waals surface area (Å²) in [6.45, 7) is 4.16. The molecule has 28 heavy (non-hydrogen) atoms. The molecule has 1 atom stereocenters. The first-order valence-corrected chi connectivity index (χ1v) is 10.7. The number of nitrogens with zero attached hydrogens (tertiary/aromatic N) is 2. The molecule has 0 aliphatic carbocycles. The number of hydrogen-bond acceptors (Lipinski definition) is 4. The second-order valence-electron chi connectivity index (χ2n) is 6.66. The summed E-state index contributed by atoms with van der Waals surface area (Å²) in [5.41, 5.74) is 2.17. The molecule has 2 aromatic heterocycles. The summed E-state index contributed by atoms with van der Waals surface area (Å²) in [5, 5.41) is 2.84. The first-order valence-electron chi connectivity index (χ1n) is 9.22. The van der Waals surface area contributed by atoms with Crippen molar-refractivity contribution in [3.05, 3.63) is 66.1 Å². The van der Waals surface area contributed by atoms with Crippen molar-refractivity contribution >= 4 is 21.6 Å². The molecule has 0 aliphatic rings. The minimum Gasteiger partial charge on any atom is -0.352 e. The van der Waals surface area contributed by atoms with Crippen LogP contribution in [0.4, 0.5) is 0 Å². The number of sulfonamides is 1. The normalized spacial score (nSPS) is 12.8. The van der Waals surface area contributed by atoms with Crippen molar-refractivity contribution in [2.24, 2.45) is 0 Å². The molecule has 8 heteroatoms. The van der Waals surface area contributed by atoms with Crippen molar-refractivity contribution in [1.82, 2.24) is 19.4 Å². The van der Waals surface area contributed by atoms with Crippen LogP contribution in [0.1, 0.15) is 36.3 Å². The molecule has 3 rings (SSSR count).